The van der Waals surface area contributed by atoms with Gasteiger partial charge in [0, 0.05) is 40.4 Å². The third kappa shape index (κ3) is 7.69. The summed E-state index contributed by atoms with van der Waals surface area (Å²) in [6.07, 6.45) is 5.48. The number of nitrogens with one attached hydrogen (secondary N) is 1. The number of hydrogen-bond acceptors (Lipinski definition) is 6. The van der Waals surface area contributed by atoms with Gasteiger partial charge in [0.15, 0.2) is 11.2 Å². The van der Waals surface area contributed by atoms with E-state index in [1.807, 2.05) is 6.92 Å². The number of halogens is 4. The van der Waals surface area contributed by atoms with Crippen molar-refractivity contribution in [1.82, 2.24) is 19.4 Å². The van der Waals surface area contributed by atoms with Crippen molar-refractivity contribution in [3.05, 3.63) is 90.6 Å². The summed E-state index contributed by atoms with van der Waals surface area (Å²) in [4.78, 5) is 44.0. The summed E-state index contributed by atoms with van der Waals surface area (Å²) in [7, 11) is 1.26. The molecule has 0 spiro atoms. The first-order valence-electron chi connectivity index (χ1n) is 12.0. The summed E-state index contributed by atoms with van der Waals surface area (Å²) in [5, 5.41) is 2.13. The highest BCUT2D eigenvalue weighted by atomic mass is 35.5. The maximum Gasteiger partial charge on any atom is 0.354 e. The molecule has 0 aliphatic heterocycles. The van der Waals surface area contributed by atoms with Crippen LogP contribution in [0.25, 0.3) is 10.9 Å². The maximum absolute atomic E-state index is 12.3. The van der Waals surface area contributed by atoms with Crippen molar-refractivity contribution in [2.75, 3.05) is 26.8 Å². The Kier molecular flexibility index (Phi) is 11.3. The van der Waals surface area contributed by atoms with Crippen molar-refractivity contribution >= 4 is 69.3 Å². The number of methoxy groups -OCH3 is 1. The number of carbonyl (C=O) groups excluding carboxylic acids is 2. The van der Waals surface area contributed by atoms with Gasteiger partial charge in [-0.05, 0) is 43.2 Å². The molecule has 0 atom stereocenters. The fraction of sp³-hybridized carbons (Fsp3) is 0.259. The molecule has 212 valence electrons. The van der Waals surface area contributed by atoms with E-state index in [1.54, 1.807) is 48.5 Å². The SMILES string of the molecule is CCCN(CCOc1c(Cl)cc(Cl)cc1Cl)C(=O)n1ccnc1.COC(=O)c1cc(=O)c2c(C)c(Cl)ccc2[nH]1. The lowest BCUT2D eigenvalue weighted by atomic mass is 10.1. The van der Waals surface area contributed by atoms with Crippen molar-refractivity contribution in [2.24, 2.45) is 0 Å². The minimum absolute atomic E-state index is 0.131. The smallest absolute Gasteiger partial charge is 0.354 e. The number of esters is 1. The highest BCUT2D eigenvalue weighted by Crippen LogP contribution is 2.35. The number of carbonyl (C=O) groups is 2. The molecule has 0 saturated carbocycles. The average molecular weight is 628 g/mol. The zero-order valence-electron chi connectivity index (χ0n) is 21.8. The van der Waals surface area contributed by atoms with E-state index in [-0.39, 0.29) is 23.8 Å². The Balaban J connectivity index is 0.000000230. The highest BCUT2D eigenvalue weighted by molar-refractivity contribution is 6.40. The molecule has 2 aromatic heterocycles. The molecule has 2 heterocycles. The molecule has 0 aliphatic carbocycles. The molecule has 40 heavy (non-hydrogen) atoms. The molecule has 0 unspecified atom stereocenters. The largest absolute Gasteiger partial charge is 0.489 e. The molecule has 4 aromatic rings. The van der Waals surface area contributed by atoms with Crippen LogP contribution in [0.1, 0.15) is 29.4 Å². The van der Waals surface area contributed by atoms with Gasteiger partial charge in [-0.15, -0.1) is 0 Å². The Hall–Kier alpha value is -3.24. The topological polar surface area (TPSA) is 107 Å². The monoisotopic (exact) mass is 626 g/mol. The fourth-order valence-corrected chi connectivity index (χ4v) is 4.83. The average Bonchev–Trinajstić information content (AvgIpc) is 3.46. The summed E-state index contributed by atoms with van der Waals surface area (Å²) >= 11 is 23.9. The van der Waals surface area contributed by atoms with E-state index in [2.05, 4.69) is 14.7 Å². The number of ether oxygens (including phenoxy) is 2. The molecule has 2 aromatic carbocycles. The van der Waals surface area contributed by atoms with Crippen LogP contribution < -0.4 is 10.2 Å². The number of aryl methyl sites for hydroxylation is 1. The first-order valence-corrected chi connectivity index (χ1v) is 13.5. The molecule has 0 saturated heterocycles. The van der Waals surface area contributed by atoms with Crippen molar-refractivity contribution in [2.45, 2.75) is 20.3 Å². The van der Waals surface area contributed by atoms with Crippen LogP contribution in [0.2, 0.25) is 20.1 Å². The number of aromatic amines is 1. The van der Waals surface area contributed by atoms with Gasteiger partial charge in [0.1, 0.15) is 18.6 Å². The maximum atomic E-state index is 12.3. The van der Waals surface area contributed by atoms with Crippen molar-refractivity contribution in [3.63, 3.8) is 0 Å². The molecule has 1 N–H and O–H groups in total. The van der Waals surface area contributed by atoms with Crippen LogP contribution in [0, 0.1) is 6.92 Å². The molecular formula is C27H26Cl4N4O5. The van der Waals surface area contributed by atoms with E-state index in [4.69, 9.17) is 51.1 Å². The van der Waals surface area contributed by atoms with Gasteiger partial charge in [-0.25, -0.2) is 14.6 Å². The normalized spacial score (nSPS) is 10.6. The molecule has 4 rings (SSSR count). The lowest BCUT2D eigenvalue weighted by molar-refractivity contribution is 0.0594. The van der Waals surface area contributed by atoms with Crippen LogP contribution >= 0.6 is 46.4 Å². The first kappa shape index (κ1) is 31.3. The molecule has 0 fully saturated rings. The Morgan fingerprint density at radius 2 is 1.75 bits per heavy atom. The number of fused-ring (bicyclic) bond motifs is 1. The van der Waals surface area contributed by atoms with Crippen LogP contribution in [0.5, 0.6) is 5.75 Å². The highest BCUT2D eigenvalue weighted by Gasteiger charge is 2.16. The third-order valence-corrected chi connectivity index (χ3v) is 6.84. The summed E-state index contributed by atoms with van der Waals surface area (Å²) in [6, 6.07) is 7.53. The number of pyridine rings is 1. The van der Waals surface area contributed by atoms with Crippen LogP contribution in [0.3, 0.4) is 0 Å². The van der Waals surface area contributed by atoms with Gasteiger partial charge < -0.3 is 19.4 Å². The molecule has 13 heteroatoms. The molecule has 1 amide bonds. The van der Waals surface area contributed by atoms with Gasteiger partial charge in [0.25, 0.3) is 0 Å². The summed E-state index contributed by atoms with van der Waals surface area (Å²) in [5.74, 6) is -0.208. The molecule has 0 radical (unpaired) electrons. The molecule has 0 bridgehead atoms. The second-order valence-electron chi connectivity index (χ2n) is 8.42. The second kappa shape index (κ2) is 14.4. The van der Waals surface area contributed by atoms with E-state index in [9.17, 15) is 14.4 Å². The quantitative estimate of drug-likeness (QED) is 0.224. The molecule has 0 aliphatic rings. The summed E-state index contributed by atoms with van der Waals surface area (Å²) < 4.78 is 11.6. The van der Waals surface area contributed by atoms with E-state index >= 15 is 0 Å². The molecular weight excluding hydrogens is 602 g/mol. The van der Waals surface area contributed by atoms with E-state index in [0.717, 1.165) is 6.42 Å². The van der Waals surface area contributed by atoms with Gasteiger partial charge in [0.05, 0.1) is 29.2 Å². The number of amides is 1. The Morgan fingerprint density at radius 3 is 2.35 bits per heavy atom. The predicted molar refractivity (Wildman–Crippen MR) is 158 cm³/mol. The van der Waals surface area contributed by atoms with Crippen LogP contribution in [0.15, 0.2) is 53.8 Å². The number of benzene rings is 2. The van der Waals surface area contributed by atoms with Crippen molar-refractivity contribution < 1.29 is 19.1 Å². The molecule has 9 nitrogen and oxygen atoms in total. The van der Waals surface area contributed by atoms with E-state index in [1.165, 1.54) is 24.1 Å². The first-order chi connectivity index (χ1) is 19.1. The van der Waals surface area contributed by atoms with Crippen LogP contribution in [-0.4, -0.2) is 58.2 Å². The number of nitrogens with zero attached hydrogens (tertiary/aromatic N) is 3. The Morgan fingerprint density at radius 1 is 1.05 bits per heavy atom. The zero-order valence-corrected chi connectivity index (χ0v) is 24.9. The Labute approximate surface area is 250 Å². The van der Waals surface area contributed by atoms with Gasteiger partial charge in [-0.2, -0.15) is 0 Å². The standard InChI is InChI=1S/C15H16Cl3N3O2.C12H10ClNO3/c1-2-4-20(15(22)21-5-3-19-10-21)6-7-23-14-12(17)8-11(16)9-13(14)18;1-6-7(13)3-4-8-11(6)10(15)5-9(14-8)12(16)17-2/h3,5,8-10H,2,4,6-7H2,1H3;3-5H,1-2H3,(H,14,15). The van der Waals surface area contributed by atoms with Crippen molar-refractivity contribution in [1.29, 1.82) is 0 Å². The second-order valence-corrected chi connectivity index (χ2v) is 10.1. The lowest BCUT2D eigenvalue weighted by Gasteiger charge is -2.22. The van der Waals surface area contributed by atoms with E-state index < -0.39 is 5.97 Å². The summed E-state index contributed by atoms with van der Waals surface area (Å²) in [5.41, 5.74) is 1.15. The number of hydrogen-bond donors (Lipinski definition) is 1. The number of H-pyrrole nitrogens is 1. The number of rotatable bonds is 7. The number of aromatic nitrogens is 3. The van der Waals surface area contributed by atoms with E-state index in [0.29, 0.717) is 55.4 Å². The van der Waals surface area contributed by atoms with Gasteiger partial charge >= 0.3 is 12.0 Å². The van der Waals surface area contributed by atoms with Gasteiger partial charge in [-0.1, -0.05) is 53.3 Å². The zero-order chi connectivity index (χ0) is 29.4. The van der Waals surface area contributed by atoms with Crippen LogP contribution in [0.4, 0.5) is 4.79 Å². The summed E-state index contributed by atoms with van der Waals surface area (Å²) in [6.45, 7) is 5.05. The minimum Gasteiger partial charge on any atom is -0.489 e. The van der Waals surface area contributed by atoms with Crippen LogP contribution in [-0.2, 0) is 4.74 Å². The minimum atomic E-state index is -0.573. The third-order valence-electron chi connectivity index (χ3n) is 5.66. The lowest BCUT2D eigenvalue weighted by Crippen LogP contribution is -2.37. The number of imidazole rings is 1. The van der Waals surface area contributed by atoms with Gasteiger partial charge in [0.2, 0.25) is 0 Å². The predicted octanol–water partition coefficient (Wildman–Crippen LogP) is 6.88. The van der Waals surface area contributed by atoms with Gasteiger partial charge in [-0.3, -0.25) is 9.36 Å². The van der Waals surface area contributed by atoms with Crippen molar-refractivity contribution in [3.8, 4) is 5.75 Å². The fourth-order valence-electron chi connectivity index (χ4n) is 3.75. The Bertz CT molecular complexity index is 1530.